The average Bonchev–Trinajstić information content (AvgIpc) is 2.23. The molecular weight excluding hydrogens is 229 g/mol. The largest absolute Gasteiger partial charge is 0.308 e. The van der Waals surface area contributed by atoms with E-state index in [1.54, 1.807) is 12.1 Å². The summed E-state index contributed by atoms with van der Waals surface area (Å²) in [6.07, 6.45) is 0.515. The molecule has 0 radical (unpaired) electrons. The van der Waals surface area contributed by atoms with Crippen LogP contribution in [0, 0.1) is 5.82 Å². The van der Waals surface area contributed by atoms with Crippen LogP contribution in [0.4, 0.5) is 4.39 Å². The SMILES string of the molecule is CN(C)CC(Cc1cccc(Cl)c1F)NN. The molecule has 0 spiro atoms. The standard InChI is InChI=1S/C11H17ClFN3/c1-16(2)7-9(15-14)6-8-4-3-5-10(12)11(8)13/h3-5,9,15H,6-7,14H2,1-2H3. The van der Waals surface area contributed by atoms with Crippen LogP contribution in [0.1, 0.15) is 5.56 Å². The number of hydrazine groups is 1. The summed E-state index contributed by atoms with van der Waals surface area (Å²) in [6.45, 7) is 0.739. The molecule has 0 saturated carbocycles. The van der Waals surface area contributed by atoms with Crippen molar-refractivity contribution >= 4 is 11.6 Å². The number of hydrogen-bond acceptors (Lipinski definition) is 3. The lowest BCUT2D eigenvalue weighted by molar-refractivity contribution is 0.336. The minimum Gasteiger partial charge on any atom is -0.308 e. The minimum absolute atomic E-state index is 0.00275. The summed E-state index contributed by atoms with van der Waals surface area (Å²) in [5, 5.41) is 0.151. The summed E-state index contributed by atoms with van der Waals surface area (Å²) in [6, 6.07) is 5.01. The summed E-state index contributed by atoms with van der Waals surface area (Å²) >= 11 is 5.71. The topological polar surface area (TPSA) is 41.3 Å². The maximum Gasteiger partial charge on any atom is 0.145 e. The number of nitrogens with one attached hydrogen (secondary N) is 1. The third-order valence-electron chi connectivity index (χ3n) is 2.32. The molecule has 16 heavy (non-hydrogen) atoms. The van der Waals surface area contributed by atoms with Crippen molar-refractivity contribution in [1.82, 2.24) is 10.3 Å². The molecule has 1 aromatic rings. The fourth-order valence-corrected chi connectivity index (χ4v) is 1.78. The molecule has 0 aliphatic heterocycles. The van der Waals surface area contributed by atoms with Crippen molar-refractivity contribution in [3.8, 4) is 0 Å². The second kappa shape index (κ2) is 6.15. The summed E-state index contributed by atoms with van der Waals surface area (Å²) < 4.78 is 13.6. The quantitative estimate of drug-likeness (QED) is 0.609. The molecule has 5 heteroatoms. The Morgan fingerprint density at radius 2 is 2.19 bits per heavy atom. The molecule has 1 rings (SSSR count). The van der Waals surface area contributed by atoms with Gasteiger partial charge in [0.2, 0.25) is 0 Å². The highest BCUT2D eigenvalue weighted by Crippen LogP contribution is 2.18. The van der Waals surface area contributed by atoms with Crippen LogP contribution < -0.4 is 11.3 Å². The molecule has 0 aromatic heterocycles. The Morgan fingerprint density at radius 3 is 2.75 bits per heavy atom. The first kappa shape index (κ1) is 13.4. The van der Waals surface area contributed by atoms with E-state index in [0.29, 0.717) is 12.0 Å². The van der Waals surface area contributed by atoms with Gasteiger partial charge in [-0.05, 0) is 32.1 Å². The first-order chi connectivity index (χ1) is 7.54. The number of likely N-dealkylation sites (N-methyl/N-ethyl adjacent to an activating group) is 1. The Bertz CT molecular complexity index is 344. The van der Waals surface area contributed by atoms with Crippen LogP contribution in [0.25, 0.3) is 0 Å². The summed E-state index contributed by atoms with van der Waals surface area (Å²) in [4.78, 5) is 1.99. The zero-order chi connectivity index (χ0) is 12.1. The highest BCUT2D eigenvalue weighted by atomic mass is 35.5. The molecule has 3 nitrogen and oxygen atoms in total. The molecule has 1 unspecified atom stereocenters. The van der Waals surface area contributed by atoms with Gasteiger partial charge >= 0.3 is 0 Å². The maximum absolute atomic E-state index is 13.6. The second-order valence-corrected chi connectivity index (χ2v) is 4.45. The first-order valence-corrected chi connectivity index (χ1v) is 5.46. The van der Waals surface area contributed by atoms with E-state index in [0.717, 1.165) is 6.54 Å². The van der Waals surface area contributed by atoms with E-state index in [4.69, 9.17) is 17.4 Å². The molecule has 1 atom stereocenters. The van der Waals surface area contributed by atoms with Crippen LogP contribution in [-0.4, -0.2) is 31.6 Å². The molecule has 0 amide bonds. The van der Waals surface area contributed by atoms with Crippen LogP contribution >= 0.6 is 11.6 Å². The molecule has 0 heterocycles. The van der Waals surface area contributed by atoms with Crippen molar-refractivity contribution in [1.29, 1.82) is 0 Å². The van der Waals surface area contributed by atoms with Crippen molar-refractivity contribution in [2.75, 3.05) is 20.6 Å². The lowest BCUT2D eigenvalue weighted by Gasteiger charge is -2.20. The average molecular weight is 246 g/mol. The number of rotatable bonds is 5. The Hall–Kier alpha value is -0.680. The monoisotopic (exact) mass is 245 g/mol. The van der Waals surface area contributed by atoms with Gasteiger partial charge in [0.25, 0.3) is 0 Å². The number of hydrogen-bond donors (Lipinski definition) is 2. The van der Waals surface area contributed by atoms with Crippen LogP contribution in [-0.2, 0) is 6.42 Å². The van der Waals surface area contributed by atoms with Gasteiger partial charge in [0, 0.05) is 12.6 Å². The highest BCUT2D eigenvalue weighted by molar-refractivity contribution is 6.30. The zero-order valence-corrected chi connectivity index (χ0v) is 10.3. The van der Waals surface area contributed by atoms with Crippen molar-refractivity contribution in [2.24, 2.45) is 5.84 Å². The van der Waals surface area contributed by atoms with Crippen molar-refractivity contribution in [3.63, 3.8) is 0 Å². The van der Waals surface area contributed by atoms with E-state index in [1.165, 1.54) is 6.07 Å². The van der Waals surface area contributed by atoms with Gasteiger partial charge in [-0.25, -0.2) is 4.39 Å². The minimum atomic E-state index is -0.358. The molecule has 0 fully saturated rings. The molecule has 90 valence electrons. The van der Waals surface area contributed by atoms with E-state index in [9.17, 15) is 4.39 Å². The number of halogens is 2. The van der Waals surface area contributed by atoms with Gasteiger partial charge in [-0.1, -0.05) is 23.7 Å². The summed E-state index contributed by atoms with van der Waals surface area (Å²) in [7, 11) is 3.89. The lowest BCUT2D eigenvalue weighted by atomic mass is 10.1. The van der Waals surface area contributed by atoms with Crippen molar-refractivity contribution < 1.29 is 4.39 Å². The normalized spacial score (nSPS) is 13.1. The van der Waals surface area contributed by atoms with Gasteiger partial charge in [-0.3, -0.25) is 11.3 Å². The summed E-state index contributed by atoms with van der Waals surface area (Å²) in [5.74, 6) is 5.07. The van der Waals surface area contributed by atoms with Crippen LogP contribution in [0.15, 0.2) is 18.2 Å². The Balaban J connectivity index is 2.74. The predicted octanol–water partition coefficient (Wildman–Crippen LogP) is 1.42. The second-order valence-electron chi connectivity index (χ2n) is 4.04. The molecule has 0 bridgehead atoms. The fourth-order valence-electron chi connectivity index (χ4n) is 1.59. The first-order valence-electron chi connectivity index (χ1n) is 5.08. The van der Waals surface area contributed by atoms with E-state index in [1.807, 2.05) is 19.0 Å². The van der Waals surface area contributed by atoms with Gasteiger partial charge in [0.1, 0.15) is 5.82 Å². The molecule has 0 aliphatic carbocycles. The van der Waals surface area contributed by atoms with E-state index >= 15 is 0 Å². The maximum atomic E-state index is 13.6. The third kappa shape index (κ3) is 3.72. The van der Waals surface area contributed by atoms with E-state index in [2.05, 4.69) is 5.43 Å². The van der Waals surface area contributed by atoms with Crippen LogP contribution in [0.5, 0.6) is 0 Å². The van der Waals surface area contributed by atoms with Gasteiger partial charge in [0.15, 0.2) is 0 Å². The molecular formula is C11H17ClFN3. The molecule has 0 aliphatic rings. The number of nitrogens with two attached hydrogens (primary N) is 1. The third-order valence-corrected chi connectivity index (χ3v) is 2.61. The van der Waals surface area contributed by atoms with Crippen molar-refractivity contribution in [3.05, 3.63) is 34.6 Å². The molecule has 1 aromatic carbocycles. The summed E-state index contributed by atoms with van der Waals surface area (Å²) in [5.41, 5.74) is 3.26. The smallest absolute Gasteiger partial charge is 0.145 e. The molecule has 3 N–H and O–H groups in total. The van der Waals surface area contributed by atoms with Crippen LogP contribution in [0.3, 0.4) is 0 Å². The van der Waals surface area contributed by atoms with Gasteiger partial charge in [0.05, 0.1) is 5.02 Å². The number of benzene rings is 1. The number of nitrogens with zero attached hydrogens (tertiary/aromatic N) is 1. The van der Waals surface area contributed by atoms with Gasteiger partial charge in [-0.2, -0.15) is 0 Å². The predicted molar refractivity (Wildman–Crippen MR) is 64.8 cm³/mol. The lowest BCUT2D eigenvalue weighted by Crippen LogP contribution is -2.43. The zero-order valence-electron chi connectivity index (χ0n) is 9.50. The molecule has 0 saturated heterocycles. The van der Waals surface area contributed by atoms with Crippen LogP contribution in [0.2, 0.25) is 5.02 Å². The van der Waals surface area contributed by atoms with Gasteiger partial charge < -0.3 is 4.90 Å². The fraction of sp³-hybridized carbons (Fsp3) is 0.455. The van der Waals surface area contributed by atoms with Gasteiger partial charge in [-0.15, -0.1) is 0 Å². The Kier molecular flexibility index (Phi) is 5.15. The van der Waals surface area contributed by atoms with Crippen molar-refractivity contribution in [2.45, 2.75) is 12.5 Å². The van der Waals surface area contributed by atoms with E-state index in [-0.39, 0.29) is 16.9 Å². The Labute approximate surface area is 100 Å². The highest BCUT2D eigenvalue weighted by Gasteiger charge is 2.13. The van der Waals surface area contributed by atoms with E-state index < -0.39 is 0 Å². The Morgan fingerprint density at radius 1 is 1.50 bits per heavy atom.